The number of unbranched alkanes of at least 4 members (excludes halogenated alkanes) is 21. The summed E-state index contributed by atoms with van der Waals surface area (Å²) in [6.07, 6.45) is 98.7. The van der Waals surface area contributed by atoms with E-state index in [0.717, 1.165) is 167 Å². The van der Waals surface area contributed by atoms with Crippen molar-refractivity contribution in [1.82, 2.24) is 0 Å². The van der Waals surface area contributed by atoms with E-state index in [2.05, 4.69) is 179 Å². The van der Waals surface area contributed by atoms with Gasteiger partial charge in [-0.25, -0.2) is 0 Å². The fourth-order valence-corrected chi connectivity index (χ4v) is 8.66. The highest BCUT2D eigenvalue weighted by Crippen LogP contribution is 2.15. The van der Waals surface area contributed by atoms with Crippen LogP contribution in [-0.2, 0) is 28.6 Å². The van der Waals surface area contributed by atoms with Crippen molar-refractivity contribution in [3.05, 3.63) is 158 Å². The molecule has 0 radical (unpaired) electrons. The normalized spacial score (nSPS) is 13.2. The Labute approximate surface area is 499 Å². The third-order valence-electron chi connectivity index (χ3n) is 13.5. The van der Waals surface area contributed by atoms with Gasteiger partial charge >= 0.3 is 17.9 Å². The number of hydrogen-bond acceptors (Lipinski definition) is 6. The lowest BCUT2D eigenvalue weighted by Crippen LogP contribution is -2.30. The Hall–Kier alpha value is -4.97. The molecule has 0 heterocycles. The van der Waals surface area contributed by atoms with Crippen molar-refractivity contribution in [3.8, 4) is 0 Å². The largest absolute Gasteiger partial charge is 0.462 e. The average molecular weight is 1120 g/mol. The van der Waals surface area contributed by atoms with E-state index in [1.807, 2.05) is 0 Å². The molecule has 0 aromatic rings. The predicted molar refractivity (Wildman–Crippen MR) is 352 cm³/mol. The lowest BCUT2D eigenvalue weighted by Gasteiger charge is -2.18. The third kappa shape index (κ3) is 65.7. The maximum Gasteiger partial charge on any atom is 0.306 e. The minimum absolute atomic E-state index is 0.0887. The molecular weight excluding hydrogens is 997 g/mol. The van der Waals surface area contributed by atoms with Crippen LogP contribution in [0.15, 0.2) is 158 Å². The van der Waals surface area contributed by atoms with Crippen molar-refractivity contribution in [2.24, 2.45) is 0 Å². The molecule has 1 unspecified atom stereocenters. The smallest absolute Gasteiger partial charge is 0.306 e. The van der Waals surface area contributed by atoms with Gasteiger partial charge in [0.2, 0.25) is 0 Å². The van der Waals surface area contributed by atoms with E-state index in [1.54, 1.807) is 0 Å². The van der Waals surface area contributed by atoms with Gasteiger partial charge in [-0.3, -0.25) is 14.4 Å². The van der Waals surface area contributed by atoms with Crippen molar-refractivity contribution < 1.29 is 28.6 Å². The van der Waals surface area contributed by atoms with Crippen LogP contribution in [0.4, 0.5) is 0 Å². The molecule has 0 aromatic carbocycles. The molecule has 6 heteroatoms. The Balaban J connectivity index is 4.08. The summed E-state index contributed by atoms with van der Waals surface area (Å²) in [7, 11) is 0. The number of ether oxygens (including phenoxy) is 3. The van der Waals surface area contributed by atoms with Gasteiger partial charge in [-0.1, -0.05) is 288 Å². The van der Waals surface area contributed by atoms with Crippen molar-refractivity contribution in [2.45, 2.75) is 284 Å². The molecule has 0 fully saturated rings. The molecule has 0 aliphatic carbocycles. The zero-order valence-corrected chi connectivity index (χ0v) is 52.2. The zero-order chi connectivity index (χ0) is 58.5. The monoisotopic (exact) mass is 1120 g/mol. The first-order valence-corrected chi connectivity index (χ1v) is 33.0. The van der Waals surface area contributed by atoms with Crippen LogP contribution in [0.5, 0.6) is 0 Å². The van der Waals surface area contributed by atoms with E-state index < -0.39 is 6.10 Å². The maximum absolute atomic E-state index is 12.8. The Morgan fingerprint density at radius 3 is 0.753 bits per heavy atom. The molecule has 0 amide bonds. The summed E-state index contributed by atoms with van der Waals surface area (Å²) in [5.41, 5.74) is 0. The molecule has 1 atom stereocenters. The lowest BCUT2D eigenvalue weighted by molar-refractivity contribution is -0.167. The fourth-order valence-electron chi connectivity index (χ4n) is 8.66. The number of carbonyl (C=O) groups is 3. The molecule has 0 bridgehead atoms. The molecule has 0 aliphatic rings. The highest BCUT2D eigenvalue weighted by molar-refractivity contribution is 5.71. The molecule has 81 heavy (non-hydrogen) atoms. The van der Waals surface area contributed by atoms with Gasteiger partial charge in [-0.2, -0.15) is 0 Å². The van der Waals surface area contributed by atoms with Gasteiger partial charge in [0.25, 0.3) is 0 Å². The van der Waals surface area contributed by atoms with Gasteiger partial charge in [0.1, 0.15) is 13.2 Å². The van der Waals surface area contributed by atoms with E-state index in [1.165, 1.54) is 70.6 Å². The van der Waals surface area contributed by atoms with E-state index >= 15 is 0 Å². The van der Waals surface area contributed by atoms with Gasteiger partial charge in [-0.15, -0.1) is 0 Å². The van der Waals surface area contributed by atoms with Crippen LogP contribution in [0.2, 0.25) is 0 Å². The Morgan fingerprint density at radius 2 is 0.481 bits per heavy atom. The highest BCUT2D eigenvalue weighted by atomic mass is 16.6. The van der Waals surface area contributed by atoms with Gasteiger partial charge < -0.3 is 14.2 Å². The molecule has 0 spiro atoms. The van der Waals surface area contributed by atoms with Gasteiger partial charge in [-0.05, 0) is 128 Å². The quantitative estimate of drug-likeness (QED) is 0.0261. The topological polar surface area (TPSA) is 78.9 Å². The van der Waals surface area contributed by atoms with E-state index in [9.17, 15) is 14.4 Å². The second-order valence-corrected chi connectivity index (χ2v) is 21.3. The third-order valence-corrected chi connectivity index (χ3v) is 13.5. The Bertz CT molecular complexity index is 1810. The summed E-state index contributed by atoms with van der Waals surface area (Å²) in [5.74, 6) is -0.920. The zero-order valence-electron chi connectivity index (χ0n) is 52.2. The second-order valence-electron chi connectivity index (χ2n) is 21.3. The Morgan fingerprint density at radius 1 is 0.259 bits per heavy atom. The number of allylic oxidation sites excluding steroid dienone is 26. The van der Waals surface area contributed by atoms with Crippen molar-refractivity contribution >= 4 is 17.9 Å². The molecule has 0 saturated heterocycles. The molecule has 456 valence electrons. The summed E-state index contributed by atoms with van der Waals surface area (Å²) in [5, 5.41) is 0. The van der Waals surface area contributed by atoms with Crippen molar-refractivity contribution in [2.75, 3.05) is 13.2 Å². The summed E-state index contributed by atoms with van der Waals surface area (Å²) < 4.78 is 16.8. The van der Waals surface area contributed by atoms with Crippen LogP contribution in [0.25, 0.3) is 0 Å². The first-order chi connectivity index (χ1) is 40.0. The molecule has 0 aliphatic heterocycles. The molecule has 0 N–H and O–H groups in total. The van der Waals surface area contributed by atoms with E-state index in [0.29, 0.717) is 19.3 Å². The Kier molecular flexibility index (Phi) is 63.4. The van der Waals surface area contributed by atoms with E-state index in [4.69, 9.17) is 14.2 Å². The number of hydrogen-bond donors (Lipinski definition) is 0. The van der Waals surface area contributed by atoms with E-state index in [-0.39, 0.29) is 31.1 Å². The number of rotatable bonds is 58. The maximum atomic E-state index is 12.8. The van der Waals surface area contributed by atoms with Crippen LogP contribution in [-0.4, -0.2) is 37.2 Å². The molecule has 0 aromatic heterocycles. The van der Waals surface area contributed by atoms with Gasteiger partial charge in [0.05, 0.1) is 0 Å². The molecule has 0 rings (SSSR count). The van der Waals surface area contributed by atoms with Crippen LogP contribution in [0.1, 0.15) is 278 Å². The van der Waals surface area contributed by atoms with Crippen LogP contribution in [0.3, 0.4) is 0 Å². The van der Waals surface area contributed by atoms with Crippen LogP contribution >= 0.6 is 0 Å². The van der Waals surface area contributed by atoms with Gasteiger partial charge in [0.15, 0.2) is 6.10 Å². The summed E-state index contributed by atoms with van der Waals surface area (Å²) >= 11 is 0. The highest BCUT2D eigenvalue weighted by Gasteiger charge is 2.19. The number of esters is 3. The minimum atomic E-state index is -0.789. The van der Waals surface area contributed by atoms with Crippen LogP contribution < -0.4 is 0 Å². The SMILES string of the molecule is CC/C=C\C/C=C\C/C=C\C/C=C\C/C=C\C/C=C\C/C=C\C/C=C\CCCCCCCCCCCCC(=O)OCC(COC(=O)CCCCCCC)OC(=O)CCCCCCCCC/C=C\C/C=C\C/C=C\C/C=C\C/C=C\CC. The fraction of sp³-hybridized carbons (Fsp3) is 0.613. The van der Waals surface area contributed by atoms with Crippen LogP contribution in [0, 0.1) is 0 Å². The minimum Gasteiger partial charge on any atom is -0.462 e. The summed E-state index contributed by atoms with van der Waals surface area (Å²) in [6.45, 7) is 6.31. The molecule has 6 nitrogen and oxygen atoms in total. The molecular formula is C75H120O6. The second kappa shape index (κ2) is 67.5. The predicted octanol–water partition coefficient (Wildman–Crippen LogP) is 22.9. The average Bonchev–Trinajstić information content (AvgIpc) is 3.47. The summed E-state index contributed by atoms with van der Waals surface area (Å²) in [4.78, 5) is 38.0. The molecule has 0 saturated carbocycles. The summed E-state index contributed by atoms with van der Waals surface area (Å²) in [6, 6.07) is 0. The van der Waals surface area contributed by atoms with Gasteiger partial charge in [0, 0.05) is 19.3 Å². The standard InChI is InChI=1S/C75H120O6/c1-4-7-10-13-15-17-19-21-23-25-27-29-31-32-33-34-35-36-37-38-39-40-41-42-44-45-47-49-51-53-55-57-59-62-65-68-74(77)80-71-72(70-79-73(76)67-64-61-12-9-6-3)81-75(78)69-66-63-60-58-56-54-52-50-48-46-43-30-28-26-24-22-20-18-16-14-11-8-5-2/h7-8,10-11,15-18,21-24,27-30,32-33,35-36,38-39,41-42,46,48,72H,4-6,9,12-14,19-20,25-26,31,34,37,40,43-45,47,49-71H2,1-3H3/b10-7-,11-8-,17-15-,18-16-,23-21-,24-22-,29-27-,30-28-,33-32-,36-35-,39-38-,42-41-,48-46-. The first kappa shape index (κ1) is 76.0. The first-order valence-electron chi connectivity index (χ1n) is 33.0. The number of carbonyl (C=O) groups excluding carboxylic acids is 3. The van der Waals surface area contributed by atoms with Crippen molar-refractivity contribution in [3.63, 3.8) is 0 Å². The lowest BCUT2D eigenvalue weighted by atomic mass is 10.1. The van der Waals surface area contributed by atoms with Crippen molar-refractivity contribution in [1.29, 1.82) is 0 Å².